The van der Waals surface area contributed by atoms with Gasteiger partial charge in [-0.15, -0.1) is 0 Å². The SMILES string of the molecule is [W].[W].[W].[W].[W].[W].[W].[W].[W].[W].[W].[W].[W].[W].[W].[W].[W].[W].[W].[W].[W].[W].[W].[W].[W].[W]. The summed E-state index contributed by atoms with van der Waals surface area (Å²) in [7, 11) is 0. The Bertz CT molecular complexity index is 0. The van der Waals surface area contributed by atoms with Crippen molar-refractivity contribution in [2.75, 3.05) is 0 Å². The summed E-state index contributed by atoms with van der Waals surface area (Å²) < 4.78 is 0. The summed E-state index contributed by atoms with van der Waals surface area (Å²) in [5.41, 5.74) is 0. The zero-order valence-electron chi connectivity index (χ0n) is 10.6. The topological polar surface area (TPSA) is 0 Å². The van der Waals surface area contributed by atoms with Crippen LogP contribution in [-0.4, -0.2) is 0 Å². The molecule has 0 heterocycles. The van der Waals surface area contributed by atoms with Crippen LogP contribution >= 0.6 is 0 Å². The van der Waals surface area contributed by atoms with E-state index in [1.165, 1.54) is 0 Å². The van der Waals surface area contributed by atoms with Crippen molar-refractivity contribution < 1.29 is 548 Å². The molecule has 0 N–H and O–H groups in total. The Hall–Kier alpha value is 17.9. The summed E-state index contributed by atoms with van der Waals surface area (Å²) in [5, 5.41) is 0. The van der Waals surface area contributed by atoms with Gasteiger partial charge in [0.1, 0.15) is 0 Å². The Morgan fingerprint density at radius 2 is 0.0385 bits per heavy atom. The molecule has 26 heavy (non-hydrogen) atoms. The molecule has 0 aliphatic heterocycles. The van der Waals surface area contributed by atoms with Crippen molar-refractivity contribution in [1.82, 2.24) is 0 Å². The smallest absolute Gasteiger partial charge is 0 e. The third-order valence-corrected chi connectivity index (χ3v) is 0. The van der Waals surface area contributed by atoms with E-state index in [-0.39, 0.29) is 548 Å². The Morgan fingerprint density at radius 1 is 0.0385 bits per heavy atom. The molecule has 0 aliphatic rings. The van der Waals surface area contributed by atoms with Gasteiger partial charge in [0.05, 0.1) is 0 Å². The predicted octanol–water partition coefficient (Wildman–Crippen LogP) is -0.0650. The third kappa shape index (κ3) is 219. The minimum atomic E-state index is 0. The molecule has 0 unspecified atom stereocenters. The fourth-order valence-corrected chi connectivity index (χ4v) is 0. The van der Waals surface area contributed by atoms with E-state index in [1.807, 2.05) is 0 Å². The molecule has 0 amide bonds. The summed E-state index contributed by atoms with van der Waals surface area (Å²) in [6, 6.07) is 0. The van der Waals surface area contributed by atoms with Crippen LogP contribution < -0.4 is 0 Å². The van der Waals surface area contributed by atoms with Crippen molar-refractivity contribution in [1.29, 1.82) is 0 Å². The maximum Gasteiger partial charge on any atom is 0 e. The average molecular weight is 4780 g/mol. The van der Waals surface area contributed by atoms with E-state index in [4.69, 9.17) is 0 Å². The molecule has 0 aromatic carbocycles. The summed E-state index contributed by atoms with van der Waals surface area (Å²) in [4.78, 5) is 0. The maximum absolute atomic E-state index is 0. The molecule has 26 heteroatoms. The monoisotopic (exact) mass is 4780 g/mol. The first-order valence-electron chi connectivity index (χ1n) is 0. The summed E-state index contributed by atoms with van der Waals surface area (Å²) in [6.45, 7) is 0. The second kappa shape index (κ2) is 235. The van der Waals surface area contributed by atoms with Crippen molar-refractivity contribution in [2.45, 2.75) is 0 Å². The maximum atomic E-state index is 0. The summed E-state index contributed by atoms with van der Waals surface area (Å²) in [5.74, 6) is 0. The Kier molecular flexibility index (Phi) is 2280. The minimum Gasteiger partial charge on any atom is 0 e. The van der Waals surface area contributed by atoms with Gasteiger partial charge in [-0.2, -0.15) is 0 Å². The molecule has 0 saturated carbocycles. The van der Waals surface area contributed by atoms with Gasteiger partial charge in [-0.3, -0.25) is 0 Å². The molecule has 156 valence electrons. The van der Waals surface area contributed by atoms with Crippen LogP contribution in [0, 0.1) is 0 Å². The minimum absolute atomic E-state index is 0. The summed E-state index contributed by atoms with van der Waals surface area (Å²) >= 11 is 0. The van der Waals surface area contributed by atoms with E-state index in [1.54, 1.807) is 0 Å². The molecule has 0 atom stereocenters. The van der Waals surface area contributed by atoms with Crippen molar-refractivity contribution in [3.05, 3.63) is 0 Å². The van der Waals surface area contributed by atoms with Gasteiger partial charge in [0.15, 0.2) is 0 Å². The van der Waals surface area contributed by atoms with E-state index in [0.717, 1.165) is 0 Å². The van der Waals surface area contributed by atoms with E-state index < -0.39 is 0 Å². The zero-order valence-corrected chi connectivity index (χ0v) is 86.9. The number of hydrogen-bond acceptors (Lipinski definition) is 0. The van der Waals surface area contributed by atoms with E-state index in [0.29, 0.717) is 0 Å². The van der Waals surface area contributed by atoms with Crippen LogP contribution in [0.4, 0.5) is 0 Å². The van der Waals surface area contributed by atoms with Gasteiger partial charge in [-0.25, -0.2) is 0 Å². The fraction of sp³-hybridized carbons (Fsp3) is 0. The van der Waals surface area contributed by atoms with Crippen LogP contribution in [0.25, 0.3) is 0 Å². The molecule has 0 radical (unpaired) electrons. The van der Waals surface area contributed by atoms with E-state index in [9.17, 15) is 0 Å². The van der Waals surface area contributed by atoms with Crippen LogP contribution in [0.3, 0.4) is 0 Å². The predicted molar refractivity (Wildman–Crippen MR) is 0 cm³/mol. The van der Waals surface area contributed by atoms with E-state index >= 15 is 0 Å². The van der Waals surface area contributed by atoms with Crippen molar-refractivity contribution in [2.24, 2.45) is 0 Å². The van der Waals surface area contributed by atoms with Gasteiger partial charge >= 0.3 is 0 Å². The zero-order chi connectivity index (χ0) is 0. The van der Waals surface area contributed by atoms with Gasteiger partial charge < -0.3 is 0 Å². The molecular weight excluding hydrogens is 4780 g/mol. The average Bonchev–Trinajstić information content (AvgIpc) is 0. The van der Waals surface area contributed by atoms with Gasteiger partial charge in [0.25, 0.3) is 0 Å². The van der Waals surface area contributed by atoms with Crippen molar-refractivity contribution in [3.8, 4) is 0 Å². The van der Waals surface area contributed by atoms with Gasteiger partial charge in [-0.1, -0.05) is 0 Å². The second-order valence-corrected chi connectivity index (χ2v) is 0. The Labute approximate surface area is 531 Å². The van der Waals surface area contributed by atoms with Crippen molar-refractivity contribution in [3.63, 3.8) is 0 Å². The second-order valence-electron chi connectivity index (χ2n) is 0. The standard InChI is InChI=1S/26W. The molecular formula is W26. The van der Waals surface area contributed by atoms with Crippen LogP contribution in [0.1, 0.15) is 0 Å². The molecule has 0 nitrogen and oxygen atoms in total. The van der Waals surface area contributed by atoms with Crippen LogP contribution in [0.5, 0.6) is 0 Å². The van der Waals surface area contributed by atoms with Gasteiger partial charge in [0.2, 0.25) is 0 Å². The third-order valence-electron chi connectivity index (χ3n) is 0. The molecule has 0 aromatic rings. The van der Waals surface area contributed by atoms with Crippen LogP contribution in [-0.2, 0) is 548 Å². The van der Waals surface area contributed by atoms with E-state index in [2.05, 4.69) is 0 Å². The largest absolute Gasteiger partial charge is 0 e. The number of hydrogen-bond donors (Lipinski definition) is 0. The number of rotatable bonds is 0. The molecule has 0 aromatic heterocycles. The Balaban J connectivity index is 0. The van der Waals surface area contributed by atoms with Crippen LogP contribution in [0.2, 0.25) is 0 Å². The molecule has 0 fully saturated rings. The summed E-state index contributed by atoms with van der Waals surface area (Å²) in [6.07, 6.45) is 0. The molecule has 0 saturated heterocycles. The Morgan fingerprint density at radius 3 is 0.0385 bits per heavy atom. The molecule has 0 aliphatic carbocycles. The first-order valence-corrected chi connectivity index (χ1v) is 0. The molecule has 0 spiro atoms. The quantitative estimate of drug-likeness (QED) is 0.320. The van der Waals surface area contributed by atoms with Gasteiger partial charge in [0, 0.05) is 548 Å². The first kappa shape index (κ1) is 252. The molecule has 0 rings (SSSR count). The van der Waals surface area contributed by atoms with Gasteiger partial charge in [-0.05, 0) is 0 Å². The normalized spacial score (nSPS) is 0. The molecule has 0 bridgehead atoms. The first-order chi connectivity index (χ1) is 0. The van der Waals surface area contributed by atoms with Crippen LogP contribution in [0.15, 0.2) is 0 Å². The fourth-order valence-electron chi connectivity index (χ4n) is 0. The van der Waals surface area contributed by atoms with Crippen molar-refractivity contribution >= 4 is 0 Å².